The van der Waals surface area contributed by atoms with E-state index in [1.54, 1.807) is 24.3 Å². The Morgan fingerprint density at radius 1 is 1.31 bits per heavy atom. The van der Waals surface area contributed by atoms with E-state index >= 15 is 0 Å². The molecule has 0 spiro atoms. The van der Waals surface area contributed by atoms with E-state index in [4.69, 9.17) is 4.74 Å². The van der Waals surface area contributed by atoms with Crippen molar-refractivity contribution in [2.45, 2.75) is 18.9 Å². The van der Waals surface area contributed by atoms with Crippen molar-refractivity contribution < 1.29 is 14.5 Å². The van der Waals surface area contributed by atoms with Gasteiger partial charge in [-0.05, 0) is 45.1 Å². The largest absolute Gasteiger partial charge is 0.465 e. The molecule has 154 valence electrons. The third-order valence-corrected chi connectivity index (χ3v) is 5.14. The molecule has 0 aliphatic carbocycles. The highest BCUT2D eigenvalue weighted by atomic mass is 16.6. The van der Waals surface area contributed by atoms with Crippen LogP contribution in [0.15, 0.2) is 30.6 Å². The number of rotatable bonds is 6. The summed E-state index contributed by atoms with van der Waals surface area (Å²) in [4.78, 5) is 35.8. The molecule has 10 nitrogen and oxygen atoms in total. The van der Waals surface area contributed by atoms with Crippen LogP contribution in [0, 0.1) is 10.1 Å². The number of esters is 1. The highest BCUT2D eigenvalue weighted by Gasteiger charge is 2.30. The number of hydrogen-bond acceptors (Lipinski definition) is 9. The van der Waals surface area contributed by atoms with Crippen LogP contribution in [0.3, 0.4) is 0 Å². The van der Waals surface area contributed by atoms with Crippen molar-refractivity contribution in [2.24, 2.45) is 0 Å². The molecule has 2 heterocycles. The first-order valence-electron chi connectivity index (χ1n) is 9.27. The van der Waals surface area contributed by atoms with Gasteiger partial charge in [-0.25, -0.2) is 14.8 Å². The molecule has 0 amide bonds. The fraction of sp³-hybridized carbons (Fsp3) is 0.421. The maximum Gasteiger partial charge on any atom is 0.353 e. The van der Waals surface area contributed by atoms with Gasteiger partial charge in [0.2, 0.25) is 11.6 Å². The first kappa shape index (κ1) is 20.5. The fourth-order valence-electron chi connectivity index (χ4n) is 3.45. The first-order chi connectivity index (χ1) is 13.9. The van der Waals surface area contributed by atoms with Crippen molar-refractivity contribution in [1.82, 2.24) is 14.9 Å². The number of carbonyl (C=O) groups is 1. The van der Waals surface area contributed by atoms with E-state index in [-0.39, 0.29) is 28.9 Å². The van der Waals surface area contributed by atoms with Crippen LogP contribution >= 0.6 is 0 Å². The molecule has 1 fully saturated rings. The molecule has 3 rings (SSSR count). The Balaban J connectivity index is 1.96. The van der Waals surface area contributed by atoms with E-state index in [9.17, 15) is 14.9 Å². The van der Waals surface area contributed by atoms with Crippen molar-refractivity contribution >= 4 is 29.0 Å². The standard InChI is InChI=1S/C19H24N6O4/c1-23-10-8-13(9-11-23)24(2)18-16(25(27)28)17(20-12-21-18)22-15-7-5-4-6-14(15)19(26)29-3/h4-7,12-13H,8-11H2,1-3H3,(H,20,21,22). The van der Waals surface area contributed by atoms with Gasteiger partial charge in [0, 0.05) is 13.1 Å². The van der Waals surface area contributed by atoms with E-state index in [2.05, 4.69) is 27.2 Å². The molecule has 0 saturated carbocycles. The van der Waals surface area contributed by atoms with Gasteiger partial charge in [0.25, 0.3) is 0 Å². The van der Waals surface area contributed by atoms with E-state index in [0.29, 0.717) is 5.69 Å². The van der Waals surface area contributed by atoms with Gasteiger partial charge in [-0.15, -0.1) is 0 Å². The van der Waals surface area contributed by atoms with Gasteiger partial charge in [0.15, 0.2) is 0 Å². The summed E-state index contributed by atoms with van der Waals surface area (Å²) in [6, 6.07) is 6.76. The Morgan fingerprint density at radius 3 is 2.66 bits per heavy atom. The van der Waals surface area contributed by atoms with Crippen molar-refractivity contribution in [3.05, 3.63) is 46.3 Å². The zero-order valence-corrected chi connectivity index (χ0v) is 16.7. The maximum atomic E-state index is 12.0. The number of hydrogen-bond donors (Lipinski definition) is 1. The molecule has 29 heavy (non-hydrogen) atoms. The lowest BCUT2D eigenvalue weighted by atomic mass is 10.0. The minimum absolute atomic E-state index is 0.0242. The minimum atomic E-state index is -0.548. The second-order valence-electron chi connectivity index (χ2n) is 6.96. The zero-order chi connectivity index (χ0) is 21.0. The van der Waals surface area contributed by atoms with Crippen LogP contribution in [0.25, 0.3) is 0 Å². The molecule has 0 bridgehead atoms. The van der Waals surface area contributed by atoms with Crippen molar-refractivity contribution in [1.29, 1.82) is 0 Å². The lowest BCUT2D eigenvalue weighted by molar-refractivity contribution is -0.383. The SMILES string of the molecule is COC(=O)c1ccccc1Nc1ncnc(N(C)C2CCN(C)CC2)c1[N+](=O)[O-]. The number of ether oxygens (including phenoxy) is 1. The quantitative estimate of drug-likeness (QED) is 0.443. The van der Waals surface area contributed by atoms with Crippen LogP contribution in [0.2, 0.25) is 0 Å². The third-order valence-electron chi connectivity index (χ3n) is 5.14. The summed E-state index contributed by atoms with van der Waals surface area (Å²) in [5.41, 5.74) is 0.399. The van der Waals surface area contributed by atoms with Gasteiger partial charge in [0.1, 0.15) is 6.33 Å². The Bertz CT molecular complexity index is 898. The van der Waals surface area contributed by atoms with Gasteiger partial charge in [0.05, 0.1) is 23.3 Å². The molecule has 1 aromatic carbocycles. The van der Waals surface area contributed by atoms with Crippen LogP contribution in [0.4, 0.5) is 23.0 Å². The number of piperidine rings is 1. The van der Waals surface area contributed by atoms with Gasteiger partial charge in [-0.3, -0.25) is 10.1 Å². The van der Waals surface area contributed by atoms with Crippen LogP contribution in [0.1, 0.15) is 23.2 Å². The van der Waals surface area contributed by atoms with Crippen LogP contribution in [0.5, 0.6) is 0 Å². The van der Waals surface area contributed by atoms with Gasteiger partial charge in [-0.1, -0.05) is 12.1 Å². The summed E-state index contributed by atoms with van der Waals surface area (Å²) in [5.74, 6) is -0.276. The average molecular weight is 400 g/mol. The summed E-state index contributed by atoms with van der Waals surface area (Å²) in [7, 11) is 5.16. The smallest absolute Gasteiger partial charge is 0.353 e. The third kappa shape index (κ3) is 4.43. The number of para-hydroxylation sites is 1. The Morgan fingerprint density at radius 2 is 2.00 bits per heavy atom. The maximum absolute atomic E-state index is 12.0. The number of aromatic nitrogens is 2. The number of nitrogens with one attached hydrogen (secondary N) is 1. The highest BCUT2D eigenvalue weighted by molar-refractivity contribution is 5.96. The topological polar surface area (TPSA) is 114 Å². The molecular formula is C19H24N6O4. The number of likely N-dealkylation sites (tertiary alicyclic amines) is 1. The highest BCUT2D eigenvalue weighted by Crippen LogP contribution is 2.35. The molecule has 1 aliphatic rings. The van der Waals surface area contributed by atoms with Crippen LogP contribution in [-0.2, 0) is 4.74 Å². The number of nitro groups is 1. The molecule has 1 saturated heterocycles. The molecule has 1 aromatic heterocycles. The second kappa shape index (κ2) is 8.82. The summed E-state index contributed by atoms with van der Waals surface area (Å²) in [5, 5.41) is 14.8. The summed E-state index contributed by atoms with van der Waals surface area (Å²) in [6.45, 7) is 1.84. The van der Waals surface area contributed by atoms with E-state index in [0.717, 1.165) is 25.9 Å². The van der Waals surface area contributed by atoms with Crippen molar-refractivity contribution in [3.8, 4) is 0 Å². The summed E-state index contributed by atoms with van der Waals surface area (Å²) < 4.78 is 4.78. The van der Waals surface area contributed by atoms with Gasteiger partial charge < -0.3 is 19.9 Å². The molecule has 0 radical (unpaired) electrons. The zero-order valence-electron chi connectivity index (χ0n) is 16.7. The monoisotopic (exact) mass is 400 g/mol. The summed E-state index contributed by atoms with van der Waals surface area (Å²) >= 11 is 0. The summed E-state index contributed by atoms with van der Waals surface area (Å²) in [6.07, 6.45) is 3.07. The molecule has 2 aromatic rings. The molecule has 1 aliphatic heterocycles. The van der Waals surface area contributed by atoms with Gasteiger partial charge in [-0.2, -0.15) is 0 Å². The van der Waals surface area contributed by atoms with Crippen LogP contribution < -0.4 is 10.2 Å². The number of benzene rings is 1. The Hall–Kier alpha value is -3.27. The van der Waals surface area contributed by atoms with Crippen molar-refractivity contribution in [3.63, 3.8) is 0 Å². The fourth-order valence-corrected chi connectivity index (χ4v) is 3.45. The molecule has 0 unspecified atom stereocenters. The number of methoxy groups -OCH3 is 1. The molecule has 0 atom stereocenters. The molecule has 10 heteroatoms. The number of carbonyl (C=O) groups excluding carboxylic acids is 1. The van der Waals surface area contributed by atoms with E-state index < -0.39 is 10.9 Å². The predicted molar refractivity (Wildman–Crippen MR) is 109 cm³/mol. The van der Waals surface area contributed by atoms with E-state index in [1.165, 1.54) is 13.4 Å². The predicted octanol–water partition coefficient (Wildman–Crippen LogP) is 2.45. The lowest BCUT2D eigenvalue weighted by Gasteiger charge is -2.35. The Labute approximate surface area is 168 Å². The average Bonchev–Trinajstić information content (AvgIpc) is 2.73. The lowest BCUT2D eigenvalue weighted by Crippen LogP contribution is -2.42. The molecular weight excluding hydrogens is 376 g/mol. The normalized spacial score (nSPS) is 15.0. The number of nitrogens with zero attached hydrogens (tertiary/aromatic N) is 5. The number of anilines is 3. The van der Waals surface area contributed by atoms with Gasteiger partial charge >= 0.3 is 11.7 Å². The van der Waals surface area contributed by atoms with Crippen LogP contribution in [-0.4, -0.2) is 66.1 Å². The van der Waals surface area contributed by atoms with E-state index in [1.807, 2.05) is 11.9 Å². The first-order valence-corrected chi connectivity index (χ1v) is 9.27. The van der Waals surface area contributed by atoms with Crippen molar-refractivity contribution in [2.75, 3.05) is 44.5 Å². The minimum Gasteiger partial charge on any atom is -0.465 e. The molecule has 1 N–H and O–H groups in total. The Kier molecular flexibility index (Phi) is 6.23. The second-order valence-corrected chi connectivity index (χ2v) is 6.96.